The SMILES string of the molecule is COCCOc1cc2ncc(C(=O)Cc3cc(-c4ccccc4)ccc3N)cc2cc1C1CC1. The maximum absolute atomic E-state index is 13.2. The molecule has 0 spiro atoms. The van der Waals surface area contributed by atoms with E-state index in [0.29, 0.717) is 30.4 Å². The molecule has 0 saturated heterocycles. The molecule has 1 aliphatic carbocycles. The molecule has 1 aliphatic rings. The van der Waals surface area contributed by atoms with E-state index >= 15 is 0 Å². The van der Waals surface area contributed by atoms with Crippen molar-refractivity contribution in [2.75, 3.05) is 26.1 Å². The fourth-order valence-corrected chi connectivity index (χ4v) is 4.24. The zero-order chi connectivity index (χ0) is 23.5. The smallest absolute Gasteiger partial charge is 0.168 e. The molecule has 5 rings (SSSR count). The molecule has 0 amide bonds. The number of ether oxygens (including phenoxy) is 2. The van der Waals surface area contributed by atoms with E-state index in [1.165, 1.54) is 5.56 Å². The molecule has 34 heavy (non-hydrogen) atoms. The first kappa shape index (κ1) is 22.1. The fourth-order valence-electron chi connectivity index (χ4n) is 4.24. The molecule has 0 aliphatic heterocycles. The van der Waals surface area contributed by atoms with Crippen molar-refractivity contribution in [3.05, 3.63) is 89.6 Å². The lowest BCUT2D eigenvalue weighted by atomic mass is 9.97. The van der Waals surface area contributed by atoms with Gasteiger partial charge in [0.05, 0.1) is 12.1 Å². The van der Waals surface area contributed by atoms with Gasteiger partial charge in [-0.25, -0.2) is 0 Å². The largest absolute Gasteiger partial charge is 0.491 e. The lowest BCUT2D eigenvalue weighted by Gasteiger charge is -2.13. The van der Waals surface area contributed by atoms with E-state index in [2.05, 4.69) is 23.2 Å². The molecule has 5 nitrogen and oxygen atoms in total. The lowest BCUT2D eigenvalue weighted by molar-refractivity contribution is 0.0993. The first-order chi connectivity index (χ1) is 16.6. The van der Waals surface area contributed by atoms with Crippen LogP contribution >= 0.6 is 0 Å². The van der Waals surface area contributed by atoms with Gasteiger partial charge in [0, 0.05) is 42.4 Å². The van der Waals surface area contributed by atoms with Crippen LogP contribution in [-0.2, 0) is 11.2 Å². The molecule has 5 heteroatoms. The van der Waals surface area contributed by atoms with Gasteiger partial charge in [-0.15, -0.1) is 0 Å². The highest BCUT2D eigenvalue weighted by atomic mass is 16.5. The number of methoxy groups -OCH3 is 1. The molecule has 1 saturated carbocycles. The number of Topliss-reactive ketones (excluding diaryl/α,β-unsaturated/α-hetero) is 1. The number of aromatic nitrogens is 1. The molecule has 0 unspecified atom stereocenters. The predicted octanol–water partition coefficient (Wildman–Crippen LogP) is 5.81. The van der Waals surface area contributed by atoms with E-state index in [1.54, 1.807) is 13.3 Å². The summed E-state index contributed by atoms with van der Waals surface area (Å²) in [5, 5.41) is 0.956. The van der Waals surface area contributed by atoms with Crippen LogP contribution in [0.5, 0.6) is 5.75 Å². The minimum absolute atomic E-state index is 0.000273. The molecule has 1 heterocycles. The number of pyridine rings is 1. The van der Waals surface area contributed by atoms with Gasteiger partial charge in [0.15, 0.2) is 5.78 Å². The first-order valence-electron chi connectivity index (χ1n) is 11.6. The van der Waals surface area contributed by atoms with Gasteiger partial charge in [-0.3, -0.25) is 9.78 Å². The van der Waals surface area contributed by atoms with E-state index < -0.39 is 0 Å². The molecule has 0 atom stereocenters. The molecule has 3 aromatic carbocycles. The Morgan fingerprint density at radius 3 is 2.59 bits per heavy atom. The van der Waals surface area contributed by atoms with Crippen molar-refractivity contribution < 1.29 is 14.3 Å². The number of carbonyl (C=O) groups is 1. The summed E-state index contributed by atoms with van der Waals surface area (Å²) < 4.78 is 11.1. The van der Waals surface area contributed by atoms with Gasteiger partial charge < -0.3 is 15.2 Å². The van der Waals surface area contributed by atoms with Crippen molar-refractivity contribution in [3.63, 3.8) is 0 Å². The number of rotatable bonds is 9. The van der Waals surface area contributed by atoms with Crippen molar-refractivity contribution in [2.45, 2.75) is 25.2 Å². The second-order valence-corrected chi connectivity index (χ2v) is 8.80. The molecular weight excluding hydrogens is 424 g/mol. The van der Waals surface area contributed by atoms with Crippen molar-refractivity contribution in [1.82, 2.24) is 4.98 Å². The standard InChI is InChI=1S/C29H28N2O3/c1-33-11-12-34-29-17-27-23(15-25(29)20-7-8-20)14-24(18-31-27)28(32)16-22-13-21(9-10-26(22)30)19-5-3-2-4-6-19/h2-6,9-10,13-15,17-18,20H,7-8,11-12,16,30H2,1H3. The Morgan fingerprint density at radius 2 is 1.82 bits per heavy atom. The Labute approximate surface area is 199 Å². The van der Waals surface area contributed by atoms with E-state index in [1.807, 2.05) is 48.5 Å². The average molecular weight is 453 g/mol. The number of carbonyl (C=O) groups excluding carboxylic acids is 1. The number of fused-ring (bicyclic) bond motifs is 1. The minimum atomic E-state index is -0.000273. The summed E-state index contributed by atoms with van der Waals surface area (Å²) in [6, 6.07) is 22.0. The molecular formula is C29H28N2O3. The summed E-state index contributed by atoms with van der Waals surface area (Å²) >= 11 is 0. The summed E-state index contributed by atoms with van der Waals surface area (Å²) in [5.41, 5.74) is 12.4. The summed E-state index contributed by atoms with van der Waals surface area (Å²) in [4.78, 5) is 17.8. The van der Waals surface area contributed by atoms with Crippen LogP contribution in [-0.4, -0.2) is 31.1 Å². The number of nitrogen functional groups attached to an aromatic ring is 1. The van der Waals surface area contributed by atoms with E-state index in [-0.39, 0.29) is 12.2 Å². The van der Waals surface area contributed by atoms with Gasteiger partial charge in [0.2, 0.25) is 0 Å². The molecule has 2 N–H and O–H groups in total. The van der Waals surface area contributed by atoms with Gasteiger partial charge in [-0.05, 0) is 65.3 Å². The van der Waals surface area contributed by atoms with Crippen molar-refractivity contribution in [2.24, 2.45) is 0 Å². The van der Waals surface area contributed by atoms with Crippen LogP contribution in [0, 0.1) is 0 Å². The maximum atomic E-state index is 13.2. The van der Waals surface area contributed by atoms with Crippen LogP contribution in [0.4, 0.5) is 5.69 Å². The van der Waals surface area contributed by atoms with Crippen LogP contribution in [0.25, 0.3) is 22.0 Å². The van der Waals surface area contributed by atoms with E-state index in [0.717, 1.165) is 46.2 Å². The van der Waals surface area contributed by atoms with Crippen LogP contribution in [0.3, 0.4) is 0 Å². The Hall–Kier alpha value is -3.70. The van der Waals surface area contributed by atoms with Gasteiger partial charge in [-0.1, -0.05) is 36.4 Å². The maximum Gasteiger partial charge on any atom is 0.168 e. The monoisotopic (exact) mass is 452 g/mol. The third-order valence-corrected chi connectivity index (χ3v) is 6.30. The third-order valence-electron chi connectivity index (χ3n) is 6.30. The Morgan fingerprint density at radius 1 is 1.00 bits per heavy atom. The minimum Gasteiger partial charge on any atom is -0.491 e. The van der Waals surface area contributed by atoms with Gasteiger partial charge in [0.1, 0.15) is 12.4 Å². The number of benzene rings is 3. The van der Waals surface area contributed by atoms with Crippen LogP contribution in [0.2, 0.25) is 0 Å². The van der Waals surface area contributed by atoms with Crippen LogP contribution in [0.15, 0.2) is 72.9 Å². The number of nitrogens with zero attached hydrogens (tertiary/aromatic N) is 1. The van der Waals surface area contributed by atoms with Gasteiger partial charge in [0.25, 0.3) is 0 Å². The molecule has 0 radical (unpaired) electrons. The van der Waals surface area contributed by atoms with E-state index in [4.69, 9.17) is 15.2 Å². The first-order valence-corrected chi connectivity index (χ1v) is 11.6. The molecule has 172 valence electrons. The zero-order valence-corrected chi connectivity index (χ0v) is 19.3. The topological polar surface area (TPSA) is 74.4 Å². The Kier molecular flexibility index (Phi) is 6.28. The molecule has 0 bridgehead atoms. The third kappa shape index (κ3) is 4.80. The average Bonchev–Trinajstić information content (AvgIpc) is 3.71. The summed E-state index contributed by atoms with van der Waals surface area (Å²) in [5.74, 6) is 1.38. The van der Waals surface area contributed by atoms with Crippen molar-refractivity contribution in [1.29, 1.82) is 0 Å². The molecule has 1 aromatic heterocycles. The summed E-state index contributed by atoms with van der Waals surface area (Å²) in [6.07, 6.45) is 4.20. The Bertz CT molecular complexity index is 1330. The second kappa shape index (κ2) is 9.65. The summed E-state index contributed by atoms with van der Waals surface area (Å²) in [7, 11) is 1.66. The number of nitrogens with two attached hydrogens (primary N) is 1. The predicted molar refractivity (Wildman–Crippen MR) is 135 cm³/mol. The van der Waals surface area contributed by atoms with Crippen molar-refractivity contribution in [3.8, 4) is 16.9 Å². The highest BCUT2D eigenvalue weighted by Crippen LogP contribution is 2.45. The number of hydrogen-bond donors (Lipinski definition) is 1. The van der Waals surface area contributed by atoms with Crippen molar-refractivity contribution >= 4 is 22.4 Å². The number of hydrogen-bond acceptors (Lipinski definition) is 5. The lowest BCUT2D eigenvalue weighted by Crippen LogP contribution is -2.07. The van der Waals surface area contributed by atoms with Crippen LogP contribution < -0.4 is 10.5 Å². The second-order valence-electron chi connectivity index (χ2n) is 8.80. The summed E-state index contributed by atoms with van der Waals surface area (Å²) in [6.45, 7) is 1.04. The number of anilines is 1. The number of ketones is 1. The van der Waals surface area contributed by atoms with Gasteiger partial charge >= 0.3 is 0 Å². The Balaban J connectivity index is 1.41. The highest BCUT2D eigenvalue weighted by molar-refractivity contribution is 6.00. The molecule has 4 aromatic rings. The molecule has 1 fully saturated rings. The highest BCUT2D eigenvalue weighted by Gasteiger charge is 2.27. The van der Waals surface area contributed by atoms with Gasteiger partial charge in [-0.2, -0.15) is 0 Å². The normalized spacial score (nSPS) is 13.2. The zero-order valence-electron chi connectivity index (χ0n) is 19.3. The fraction of sp³-hybridized carbons (Fsp3) is 0.241. The van der Waals surface area contributed by atoms with E-state index in [9.17, 15) is 4.79 Å². The van der Waals surface area contributed by atoms with Crippen LogP contribution in [0.1, 0.15) is 40.2 Å². The quantitative estimate of drug-likeness (QED) is 0.197.